The van der Waals surface area contributed by atoms with Crippen LogP contribution in [0.25, 0.3) is 6.08 Å². The lowest BCUT2D eigenvalue weighted by atomic mass is 10.1. The van der Waals surface area contributed by atoms with E-state index in [9.17, 15) is 9.59 Å². The number of Topliss-reactive ketones (excluding diaryl/α,β-unsaturated/α-hetero) is 1. The minimum Gasteiger partial charge on any atom is -0.497 e. The summed E-state index contributed by atoms with van der Waals surface area (Å²) in [5, 5.41) is 0.440. The molecule has 9 heteroatoms. The first-order valence-corrected chi connectivity index (χ1v) is 11.7. The quantitative estimate of drug-likeness (QED) is 0.258. The Hall–Kier alpha value is -3.56. The van der Waals surface area contributed by atoms with Crippen LogP contribution in [0.2, 0.25) is 0 Å². The maximum Gasteiger partial charge on any atom is 0.283 e. The van der Waals surface area contributed by atoms with Gasteiger partial charge < -0.3 is 14.2 Å². The summed E-state index contributed by atoms with van der Waals surface area (Å²) in [6.07, 6.45) is 1.72. The summed E-state index contributed by atoms with van der Waals surface area (Å²) in [6.45, 7) is 0. The van der Waals surface area contributed by atoms with Gasteiger partial charge in [0.2, 0.25) is 0 Å². The van der Waals surface area contributed by atoms with Crippen LogP contribution in [0.4, 0.5) is 5.69 Å². The van der Waals surface area contributed by atoms with Crippen molar-refractivity contribution >= 4 is 57.4 Å². The molecule has 0 aliphatic carbocycles. The van der Waals surface area contributed by atoms with Gasteiger partial charge >= 0.3 is 0 Å². The number of para-hydroxylation sites is 1. The van der Waals surface area contributed by atoms with Gasteiger partial charge in [-0.2, -0.15) is 0 Å². The van der Waals surface area contributed by atoms with Crippen LogP contribution in [-0.2, 0) is 4.79 Å². The van der Waals surface area contributed by atoms with Crippen LogP contribution in [0.1, 0.15) is 15.9 Å². The maximum atomic E-state index is 13.3. The zero-order valence-electron chi connectivity index (χ0n) is 20.0. The van der Waals surface area contributed by atoms with Gasteiger partial charge in [0.1, 0.15) is 11.4 Å². The molecule has 0 saturated carbocycles. The highest BCUT2D eigenvalue weighted by atomic mass is 79.9. The van der Waals surface area contributed by atoms with Crippen molar-refractivity contribution < 1.29 is 23.8 Å². The topological polar surface area (TPSA) is 77.4 Å². The number of carbonyl (C=O) groups is 2. The van der Waals surface area contributed by atoms with Gasteiger partial charge in [0, 0.05) is 5.56 Å². The van der Waals surface area contributed by atoms with Crippen molar-refractivity contribution in [1.29, 1.82) is 0 Å². The molecular formula is C27H25BrN2O5S. The van der Waals surface area contributed by atoms with Gasteiger partial charge in [0.25, 0.3) is 5.91 Å². The molecule has 0 bridgehead atoms. The lowest BCUT2D eigenvalue weighted by Crippen LogP contribution is -2.30. The van der Waals surface area contributed by atoms with E-state index in [1.807, 2.05) is 54.6 Å². The van der Waals surface area contributed by atoms with Gasteiger partial charge in [0.05, 0.1) is 32.8 Å². The molecule has 0 fully saturated rings. The molecule has 4 rings (SSSR count). The molecule has 0 unspecified atom stereocenters. The molecule has 1 aliphatic rings. The second kappa shape index (κ2) is 12.4. The SMILES string of the molecule is Br.COc1ccc(/C=C2/N=C(SCC(=O)c3ccc(OC)c(OC)c3)N(c3ccccc3)C2=O)cc1. The molecule has 1 amide bonds. The highest BCUT2D eigenvalue weighted by Crippen LogP contribution is 2.31. The van der Waals surface area contributed by atoms with E-state index < -0.39 is 0 Å². The van der Waals surface area contributed by atoms with Crippen molar-refractivity contribution in [2.75, 3.05) is 32.0 Å². The number of amidine groups is 1. The third kappa shape index (κ3) is 5.98. The summed E-state index contributed by atoms with van der Waals surface area (Å²) in [6, 6.07) is 21.6. The fourth-order valence-corrected chi connectivity index (χ4v) is 4.39. The largest absolute Gasteiger partial charge is 0.497 e. The highest BCUT2D eigenvalue weighted by molar-refractivity contribution is 8.93. The second-order valence-corrected chi connectivity index (χ2v) is 8.40. The van der Waals surface area contributed by atoms with Gasteiger partial charge in [0.15, 0.2) is 22.4 Å². The maximum absolute atomic E-state index is 13.3. The summed E-state index contributed by atoms with van der Waals surface area (Å²) in [5.41, 5.74) is 2.28. The minimum atomic E-state index is -0.256. The molecule has 36 heavy (non-hydrogen) atoms. The number of benzene rings is 3. The summed E-state index contributed by atoms with van der Waals surface area (Å²) in [4.78, 5) is 32.3. The molecule has 3 aromatic carbocycles. The number of aliphatic imine (C=N–C) groups is 1. The number of thioether (sulfide) groups is 1. The van der Waals surface area contributed by atoms with Crippen LogP contribution in [0.3, 0.4) is 0 Å². The van der Waals surface area contributed by atoms with E-state index in [2.05, 4.69) is 4.99 Å². The molecule has 0 saturated heterocycles. The zero-order valence-corrected chi connectivity index (χ0v) is 22.5. The van der Waals surface area contributed by atoms with Crippen molar-refractivity contribution in [2.45, 2.75) is 0 Å². The number of ether oxygens (including phenoxy) is 3. The third-order valence-electron chi connectivity index (χ3n) is 5.30. The first kappa shape index (κ1) is 27.0. The number of amides is 1. The monoisotopic (exact) mass is 568 g/mol. The van der Waals surface area contributed by atoms with Crippen LogP contribution >= 0.6 is 28.7 Å². The van der Waals surface area contributed by atoms with E-state index in [0.29, 0.717) is 33.6 Å². The Bertz CT molecular complexity index is 1290. The minimum absolute atomic E-state index is 0. The third-order valence-corrected chi connectivity index (χ3v) is 6.24. The van der Waals surface area contributed by atoms with E-state index in [-0.39, 0.29) is 34.4 Å². The van der Waals surface area contributed by atoms with Gasteiger partial charge in [-0.15, -0.1) is 17.0 Å². The Balaban J connectivity index is 0.00000361. The van der Waals surface area contributed by atoms with Gasteiger partial charge in [-0.05, 0) is 54.1 Å². The number of hydrogen-bond acceptors (Lipinski definition) is 7. The van der Waals surface area contributed by atoms with Gasteiger partial charge in [-0.3, -0.25) is 14.5 Å². The number of anilines is 1. The standard InChI is InChI=1S/C27H24N2O5S.BrH/c1-32-21-12-9-18(10-13-21)15-22-26(31)29(20-7-5-4-6-8-20)27(28-22)35-17-23(30)19-11-14-24(33-2)25(16-19)34-3;/h4-16H,17H2,1-3H3;1H/b22-15+;. The van der Waals surface area contributed by atoms with Crippen LogP contribution in [-0.4, -0.2) is 43.9 Å². The van der Waals surface area contributed by atoms with Crippen LogP contribution in [0.15, 0.2) is 83.5 Å². The molecule has 0 atom stereocenters. The Labute approximate surface area is 224 Å². The average molecular weight is 569 g/mol. The number of carbonyl (C=O) groups excluding carboxylic acids is 2. The molecule has 0 radical (unpaired) electrons. The van der Waals surface area contributed by atoms with Crippen molar-refractivity contribution in [1.82, 2.24) is 0 Å². The van der Waals surface area contributed by atoms with E-state index in [0.717, 1.165) is 11.3 Å². The van der Waals surface area contributed by atoms with Crippen molar-refractivity contribution in [3.63, 3.8) is 0 Å². The predicted molar refractivity (Wildman–Crippen MR) is 149 cm³/mol. The number of halogens is 1. The summed E-state index contributed by atoms with van der Waals surface area (Å²) in [7, 11) is 4.66. The fourth-order valence-electron chi connectivity index (χ4n) is 3.48. The van der Waals surface area contributed by atoms with Crippen LogP contribution < -0.4 is 19.1 Å². The lowest BCUT2D eigenvalue weighted by molar-refractivity contribution is -0.113. The number of rotatable bonds is 8. The molecule has 1 heterocycles. The summed E-state index contributed by atoms with van der Waals surface area (Å²) >= 11 is 1.21. The molecule has 0 N–H and O–H groups in total. The van der Waals surface area contributed by atoms with Crippen LogP contribution in [0, 0.1) is 0 Å². The van der Waals surface area contributed by atoms with E-state index in [1.54, 1.807) is 38.5 Å². The molecule has 1 aliphatic heterocycles. The molecule has 7 nitrogen and oxygen atoms in total. The Kier molecular flexibility index (Phi) is 9.32. The number of methoxy groups -OCH3 is 3. The van der Waals surface area contributed by atoms with E-state index in [4.69, 9.17) is 14.2 Å². The van der Waals surface area contributed by atoms with E-state index >= 15 is 0 Å². The molecule has 0 spiro atoms. The van der Waals surface area contributed by atoms with Crippen molar-refractivity contribution in [2.24, 2.45) is 4.99 Å². The fraction of sp³-hybridized carbons (Fsp3) is 0.148. The highest BCUT2D eigenvalue weighted by Gasteiger charge is 2.32. The summed E-state index contributed by atoms with van der Waals surface area (Å²) in [5.74, 6) is 1.48. The predicted octanol–water partition coefficient (Wildman–Crippen LogP) is 5.65. The van der Waals surface area contributed by atoms with Gasteiger partial charge in [-0.25, -0.2) is 4.99 Å². The van der Waals surface area contributed by atoms with E-state index in [1.165, 1.54) is 23.8 Å². The molecular weight excluding hydrogens is 544 g/mol. The molecule has 0 aromatic heterocycles. The Morgan fingerprint density at radius 3 is 2.25 bits per heavy atom. The average Bonchev–Trinajstić information content (AvgIpc) is 3.22. The molecule has 3 aromatic rings. The first-order valence-electron chi connectivity index (χ1n) is 10.8. The zero-order chi connectivity index (χ0) is 24.8. The number of nitrogens with zero attached hydrogens (tertiary/aromatic N) is 2. The Morgan fingerprint density at radius 1 is 0.917 bits per heavy atom. The smallest absolute Gasteiger partial charge is 0.283 e. The van der Waals surface area contributed by atoms with Crippen molar-refractivity contribution in [3.8, 4) is 17.2 Å². The van der Waals surface area contributed by atoms with Gasteiger partial charge in [-0.1, -0.05) is 42.1 Å². The summed E-state index contributed by atoms with van der Waals surface area (Å²) < 4.78 is 15.7. The van der Waals surface area contributed by atoms with Crippen LogP contribution in [0.5, 0.6) is 17.2 Å². The second-order valence-electron chi connectivity index (χ2n) is 7.45. The lowest BCUT2D eigenvalue weighted by Gasteiger charge is -2.17. The normalized spacial score (nSPS) is 13.8. The molecule has 186 valence electrons. The number of ketones is 1. The Morgan fingerprint density at radius 2 is 1.61 bits per heavy atom. The first-order chi connectivity index (χ1) is 17.0. The van der Waals surface area contributed by atoms with Crippen molar-refractivity contribution in [3.05, 3.63) is 89.6 Å². The number of hydrogen-bond donors (Lipinski definition) is 0.